The third-order valence-corrected chi connectivity index (χ3v) is 6.41. The van der Waals surface area contributed by atoms with Crippen LogP contribution in [-0.4, -0.2) is 21.7 Å². The quantitative estimate of drug-likeness (QED) is 0.729. The number of hydrogen-bond donors (Lipinski definition) is 1. The maximum atomic E-state index is 14.1. The van der Waals surface area contributed by atoms with Crippen LogP contribution in [0.15, 0.2) is 24.3 Å². The molecular weight excluding hydrogens is 411 g/mol. The highest BCUT2D eigenvalue weighted by molar-refractivity contribution is 8.01. The number of anilines is 1. The van der Waals surface area contributed by atoms with Crippen LogP contribution in [0.4, 0.5) is 18.9 Å². The van der Waals surface area contributed by atoms with Gasteiger partial charge in [-0.1, -0.05) is 17.7 Å². The number of fused-ring (bicyclic) bond motifs is 1. The number of benzene rings is 1. The van der Waals surface area contributed by atoms with Crippen LogP contribution in [-0.2, 0) is 16.4 Å². The van der Waals surface area contributed by atoms with E-state index >= 15 is 0 Å². The van der Waals surface area contributed by atoms with Crippen molar-refractivity contribution in [2.24, 2.45) is 0 Å². The maximum absolute atomic E-state index is 14.1. The van der Waals surface area contributed by atoms with Crippen LogP contribution in [0.5, 0.6) is 5.75 Å². The summed E-state index contributed by atoms with van der Waals surface area (Å²) in [6, 6.07) is 2.87. The number of thiophene rings is 1. The SMILES string of the molecule is O=S(=O)(Nc1cc(F)c(OCCF)cc1F)C1=CCCc2sc(Cl)cc21. The number of sulfonamides is 1. The van der Waals surface area contributed by atoms with E-state index in [2.05, 4.69) is 4.72 Å². The van der Waals surface area contributed by atoms with E-state index in [0.29, 0.717) is 34.9 Å². The van der Waals surface area contributed by atoms with Gasteiger partial charge < -0.3 is 4.74 Å². The molecule has 0 unspecified atom stereocenters. The van der Waals surface area contributed by atoms with Gasteiger partial charge in [-0.25, -0.2) is 21.6 Å². The van der Waals surface area contributed by atoms with Crippen LogP contribution in [0, 0.1) is 11.6 Å². The van der Waals surface area contributed by atoms with E-state index in [1.165, 1.54) is 23.5 Å². The van der Waals surface area contributed by atoms with Crippen LogP contribution in [0.3, 0.4) is 0 Å². The van der Waals surface area contributed by atoms with Crippen molar-refractivity contribution in [2.45, 2.75) is 12.8 Å². The van der Waals surface area contributed by atoms with E-state index in [1.54, 1.807) is 0 Å². The molecule has 26 heavy (non-hydrogen) atoms. The fourth-order valence-corrected chi connectivity index (χ4v) is 5.28. The first kappa shape index (κ1) is 19.1. The number of hydrogen-bond acceptors (Lipinski definition) is 4. The first-order chi connectivity index (χ1) is 12.3. The van der Waals surface area contributed by atoms with E-state index in [-0.39, 0.29) is 4.91 Å². The van der Waals surface area contributed by atoms with E-state index in [0.717, 1.165) is 4.88 Å². The fourth-order valence-electron chi connectivity index (χ4n) is 2.55. The van der Waals surface area contributed by atoms with Gasteiger partial charge in [0.2, 0.25) is 0 Å². The zero-order valence-electron chi connectivity index (χ0n) is 13.2. The highest BCUT2D eigenvalue weighted by atomic mass is 35.5. The summed E-state index contributed by atoms with van der Waals surface area (Å²) in [5.74, 6) is -2.54. The molecule has 0 atom stereocenters. The number of halogens is 4. The Balaban J connectivity index is 1.91. The largest absolute Gasteiger partial charge is 0.488 e. The highest BCUT2D eigenvalue weighted by Crippen LogP contribution is 2.39. The molecule has 4 nitrogen and oxygen atoms in total. The summed E-state index contributed by atoms with van der Waals surface area (Å²) >= 11 is 7.24. The monoisotopic (exact) mass is 423 g/mol. The van der Waals surface area contributed by atoms with Gasteiger partial charge in [-0.15, -0.1) is 11.3 Å². The lowest BCUT2D eigenvalue weighted by molar-refractivity contribution is 0.261. The molecule has 1 aromatic carbocycles. The molecule has 1 heterocycles. The second-order valence-electron chi connectivity index (χ2n) is 5.40. The lowest BCUT2D eigenvalue weighted by Gasteiger charge is -2.16. The van der Waals surface area contributed by atoms with E-state index < -0.39 is 46.4 Å². The average molecular weight is 424 g/mol. The molecule has 10 heteroatoms. The molecule has 0 amide bonds. The molecule has 1 aromatic heterocycles. The Kier molecular flexibility index (Phi) is 5.50. The molecule has 0 saturated carbocycles. The van der Waals surface area contributed by atoms with Gasteiger partial charge in [0.15, 0.2) is 17.4 Å². The van der Waals surface area contributed by atoms with Gasteiger partial charge in [0.25, 0.3) is 10.0 Å². The van der Waals surface area contributed by atoms with E-state index in [4.69, 9.17) is 16.3 Å². The van der Waals surface area contributed by atoms with Crippen molar-refractivity contribution in [3.8, 4) is 5.75 Å². The molecule has 0 saturated heterocycles. The predicted molar refractivity (Wildman–Crippen MR) is 96.0 cm³/mol. The number of rotatable bonds is 6. The maximum Gasteiger partial charge on any atom is 0.262 e. The Morgan fingerprint density at radius 1 is 1.23 bits per heavy atom. The number of nitrogens with one attached hydrogen (secondary N) is 1. The smallest absolute Gasteiger partial charge is 0.262 e. The summed E-state index contributed by atoms with van der Waals surface area (Å²) in [5.41, 5.74) is -0.105. The van der Waals surface area contributed by atoms with Crippen molar-refractivity contribution in [2.75, 3.05) is 18.0 Å². The van der Waals surface area contributed by atoms with E-state index in [9.17, 15) is 21.6 Å². The average Bonchev–Trinajstić information content (AvgIpc) is 2.96. The second kappa shape index (κ2) is 7.50. The van der Waals surface area contributed by atoms with Crippen molar-refractivity contribution in [1.29, 1.82) is 0 Å². The van der Waals surface area contributed by atoms with Crippen LogP contribution in [0.1, 0.15) is 16.9 Å². The van der Waals surface area contributed by atoms with Gasteiger partial charge in [0, 0.05) is 22.6 Å². The number of aryl methyl sites for hydroxylation is 1. The molecule has 0 aliphatic heterocycles. The summed E-state index contributed by atoms with van der Waals surface area (Å²) in [6.07, 6.45) is 2.67. The topological polar surface area (TPSA) is 55.4 Å². The summed E-state index contributed by atoms with van der Waals surface area (Å²) in [6.45, 7) is -1.30. The van der Waals surface area contributed by atoms with Crippen molar-refractivity contribution in [3.63, 3.8) is 0 Å². The Labute approximate surface area is 157 Å². The third kappa shape index (κ3) is 3.84. The molecule has 1 aliphatic rings. The minimum Gasteiger partial charge on any atom is -0.488 e. The van der Waals surface area contributed by atoms with Crippen LogP contribution >= 0.6 is 22.9 Å². The molecule has 1 aliphatic carbocycles. The zero-order valence-corrected chi connectivity index (χ0v) is 15.6. The second-order valence-corrected chi connectivity index (χ2v) is 8.82. The van der Waals surface area contributed by atoms with Crippen molar-refractivity contribution in [3.05, 3.63) is 50.7 Å². The van der Waals surface area contributed by atoms with Crippen molar-refractivity contribution < 1.29 is 26.3 Å². The van der Waals surface area contributed by atoms with Crippen LogP contribution in [0.25, 0.3) is 4.91 Å². The Morgan fingerprint density at radius 3 is 2.73 bits per heavy atom. The highest BCUT2D eigenvalue weighted by Gasteiger charge is 2.27. The lowest BCUT2D eigenvalue weighted by Crippen LogP contribution is -2.17. The predicted octanol–water partition coefficient (Wildman–Crippen LogP) is 4.76. The number of allylic oxidation sites excluding steroid dienone is 1. The van der Waals surface area contributed by atoms with Gasteiger partial charge in [0.1, 0.15) is 13.3 Å². The summed E-state index contributed by atoms with van der Waals surface area (Å²) in [5, 5.41) is 0. The summed E-state index contributed by atoms with van der Waals surface area (Å²) in [7, 11) is -4.15. The molecule has 0 spiro atoms. The van der Waals surface area contributed by atoms with Crippen molar-refractivity contribution >= 4 is 43.6 Å². The third-order valence-electron chi connectivity index (χ3n) is 3.64. The zero-order chi connectivity index (χ0) is 18.9. The van der Waals surface area contributed by atoms with E-state index in [1.807, 2.05) is 0 Å². The first-order valence-electron chi connectivity index (χ1n) is 7.51. The van der Waals surface area contributed by atoms with Gasteiger partial charge in [-0.3, -0.25) is 4.72 Å². The molecule has 0 fully saturated rings. The first-order valence-corrected chi connectivity index (χ1v) is 10.2. The molecule has 2 aromatic rings. The molecule has 0 bridgehead atoms. The normalized spacial score (nSPS) is 13.9. The van der Waals surface area contributed by atoms with Gasteiger partial charge >= 0.3 is 0 Å². The Hall–Kier alpha value is -1.71. The molecule has 140 valence electrons. The van der Waals surface area contributed by atoms with Gasteiger partial charge in [-0.05, 0) is 18.9 Å². The minimum atomic E-state index is -4.15. The molecule has 3 rings (SSSR count). The summed E-state index contributed by atoms with van der Waals surface area (Å²) in [4.78, 5) is 0.791. The van der Waals surface area contributed by atoms with Crippen molar-refractivity contribution in [1.82, 2.24) is 0 Å². The van der Waals surface area contributed by atoms with Crippen LogP contribution in [0.2, 0.25) is 4.34 Å². The van der Waals surface area contributed by atoms with Gasteiger partial charge in [0.05, 0.1) is 14.9 Å². The molecule has 1 N–H and O–H groups in total. The lowest BCUT2D eigenvalue weighted by atomic mass is 10.1. The fraction of sp³-hybridized carbons (Fsp3) is 0.250. The van der Waals surface area contributed by atoms with Gasteiger partial charge in [-0.2, -0.15) is 0 Å². The molecule has 0 radical (unpaired) electrons. The number of alkyl halides is 1. The summed E-state index contributed by atoms with van der Waals surface area (Å²) < 4.78 is 72.7. The standard InChI is InChI=1S/C16H13ClF3NO3S2/c17-16-6-9-14(25-16)2-1-3-15(9)26(22,23)21-12-7-11(20)13(8-10(12)19)24-5-4-18/h3,6-8,21H,1-2,4-5H2. The Morgan fingerprint density at radius 2 is 2.00 bits per heavy atom. The number of ether oxygens (including phenoxy) is 1. The Bertz CT molecular complexity index is 973. The molecular formula is C16H13ClF3NO3S2. The minimum absolute atomic E-state index is 0.0283. The van der Waals surface area contributed by atoms with Crippen LogP contribution < -0.4 is 9.46 Å².